The number of benzene rings is 2. The fourth-order valence-corrected chi connectivity index (χ4v) is 3.86. The van der Waals surface area contributed by atoms with E-state index in [1.54, 1.807) is 12.1 Å². The molecular formula is C24H21F2N7O3. The summed E-state index contributed by atoms with van der Waals surface area (Å²) in [5.74, 6) is -0.674. The number of aliphatic hydroxyl groups is 1. The second-order valence-electron chi connectivity index (χ2n) is 8.01. The Labute approximate surface area is 203 Å². The Morgan fingerprint density at radius 2 is 1.94 bits per heavy atom. The predicted molar refractivity (Wildman–Crippen MR) is 126 cm³/mol. The summed E-state index contributed by atoms with van der Waals surface area (Å²) in [5.41, 5.74) is 3.16. The Balaban J connectivity index is 1.49. The van der Waals surface area contributed by atoms with Crippen LogP contribution < -0.4 is 16.0 Å². The van der Waals surface area contributed by atoms with Gasteiger partial charge in [-0.05, 0) is 35.7 Å². The minimum atomic E-state index is -2.90. The lowest BCUT2D eigenvalue weighted by Crippen LogP contribution is -2.31. The number of aromatic nitrogens is 4. The summed E-state index contributed by atoms with van der Waals surface area (Å²) in [6, 6.07) is 13.9. The topological polar surface area (TPSA) is 138 Å². The number of alkyl halides is 2. The molecule has 10 nitrogen and oxygen atoms in total. The predicted octanol–water partition coefficient (Wildman–Crippen LogP) is 3.64. The fourth-order valence-electron chi connectivity index (χ4n) is 3.86. The van der Waals surface area contributed by atoms with Gasteiger partial charge < -0.3 is 25.6 Å². The maximum absolute atomic E-state index is 13.0. The molecule has 5 rings (SSSR count). The Bertz CT molecular complexity index is 1380. The van der Waals surface area contributed by atoms with Crippen molar-refractivity contribution in [2.45, 2.75) is 18.9 Å². The third kappa shape index (κ3) is 4.84. The van der Waals surface area contributed by atoms with Crippen LogP contribution in [0.1, 0.15) is 39.8 Å². The van der Waals surface area contributed by atoms with Crippen LogP contribution in [-0.4, -0.2) is 44.3 Å². The number of amides is 1. The van der Waals surface area contributed by atoms with Gasteiger partial charge in [0.05, 0.1) is 12.6 Å². The summed E-state index contributed by atoms with van der Waals surface area (Å²) in [7, 11) is 0. The molecule has 0 unspecified atom stereocenters. The maximum Gasteiger partial charge on any atom is 0.300 e. The molecule has 1 amide bonds. The highest BCUT2D eigenvalue weighted by Crippen LogP contribution is 2.31. The number of carbonyl (C=O) groups is 1. The second kappa shape index (κ2) is 10.0. The molecule has 0 spiro atoms. The molecule has 36 heavy (non-hydrogen) atoms. The molecule has 3 heterocycles. The van der Waals surface area contributed by atoms with Crippen LogP contribution in [-0.2, 0) is 6.42 Å². The molecule has 1 atom stereocenters. The molecule has 184 valence electrons. The van der Waals surface area contributed by atoms with Crippen molar-refractivity contribution in [2.24, 2.45) is 0 Å². The summed E-state index contributed by atoms with van der Waals surface area (Å²) < 4.78 is 31.1. The van der Waals surface area contributed by atoms with Crippen molar-refractivity contribution in [1.29, 1.82) is 0 Å². The van der Waals surface area contributed by atoms with E-state index in [1.807, 2.05) is 36.4 Å². The molecular weight excluding hydrogens is 472 g/mol. The van der Waals surface area contributed by atoms with Gasteiger partial charge in [-0.1, -0.05) is 35.5 Å². The van der Waals surface area contributed by atoms with Gasteiger partial charge in [0.25, 0.3) is 11.8 Å². The van der Waals surface area contributed by atoms with Gasteiger partial charge in [-0.25, -0.2) is 13.8 Å². The highest BCUT2D eigenvalue weighted by molar-refractivity contribution is 5.97. The zero-order valence-corrected chi connectivity index (χ0v) is 18.8. The highest BCUT2D eigenvalue weighted by Gasteiger charge is 2.23. The van der Waals surface area contributed by atoms with Crippen LogP contribution in [0.4, 0.5) is 26.2 Å². The number of hydrogen-bond donors (Lipinski definition) is 4. The SMILES string of the molecule is O=C1NCCc2cc(Nc3ncc(-c4nc(C(F)F)no4)c(N[C@H](CO)c4ccccc4)n3)ccc21. The van der Waals surface area contributed by atoms with E-state index in [2.05, 4.69) is 36.1 Å². The Hall–Kier alpha value is -4.45. The minimum absolute atomic E-state index is 0.117. The quantitative estimate of drug-likeness (QED) is 0.290. The van der Waals surface area contributed by atoms with Crippen molar-refractivity contribution in [2.75, 3.05) is 23.8 Å². The molecule has 0 bridgehead atoms. The lowest BCUT2D eigenvalue weighted by atomic mass is 10.00. The van der Waals surface area contributed by atoms with Crippen LogP contribution >= 0.6 is 0 Å². The van der Waals surface area contributed by atoms with Crippen LogP contribution in [0.15, 0.2) is 59.3 Å². The molecule has 0 saturated carbocycles. The number of carbonyl (C=O) groups excluding carboxylic acids is 1. The molecule has 1 aliphatic rings. The minimum Gasteiger partial charge on any atom is -0.394 e. The second-order valence-corrected chi connectivity index (χ2v) is 8.01. The van der Waals surface area contributed by atoms with E-state index in [0.717, 1.165) is 11.1 Å². The van der Waals surface area contributed by atoms with Crippen molar-refractivity contribution < 1.29 is 23.2 Å². The maximum atomic E-state index is 13.0. The highest BCUT2D eigenvalue weighted by atomic mass is 19.3. The molecule has 0 fully saturated rings. The van der Waals surface area contributed by atoms with Crippen molar-refractivity contribution in [3.05, 3.63) is 77.2 Å². The molecule has 0 radical (unpaired) electrons. The van der Waals surface area contributed by atoms with Gasteiger partial charge in [0.1, 0.15) is 11.4 Å². The molecule has 0 aliphatic carbocycles. The zero-order chi connectivity index (χ0) is 25.1. The third-order valence-electron chi connectivity index (χ3n) is 5.64. The van der Waals surface area contributed by atoms with Crippen LogP contribution in [0.3, 0.4) is 0 Å². The first kappa shape index (κ1) is 23.3. The molecule has 2 aromatic heterocycles. The number of anilines is 3. The number of aliphatic hydroxyl groups excluding tert-OH is 1. The molecule has 4 aromatic rings. The van der Waals surface area contributed by atoms with Crippen molar-refractivity contribution >= 4 is 23.4 Å². The molecule has 12 heteroatoms. The van der Waals surface area contributed by atoms with Crippen LogP contribution in [0.5, 0.6) is 0 Å². The number of rotatable bonds is 8. The van der Waals surface area contributed by atoms with E-state index in [-0.39, 0.29) is 35.7 Å². The van der Waals surface area contributed by atoms with Gasteiger partial charge in [0.15, 0.2) is 0 Å². The smallest absolute Gasteiger partial charge is 0.300 e. The molecule has 2 aromatic carbocycles. The van der Waals surface area contributed by atoms with Gasteiger partial charge >= 0.3 is 6.43 Å². The summed E-state index contributed by atoms with van der Waals surface area (Å²) in [4.78, 5) is 24.5. The average Bonchev–Trinajstić information content (AvgIpc) is 3.39. The number of fused-ring (bicyclic) bond motifs is 1. The molecule has 0 saturated heterocycles. The number of nitrogens with zero attached hydrogens (tertiary/aromatic N) is 4. The van der Waals surface area contributed by atoms with Gasteiger partial charge in [-0.2, -0.15) is 9.97 Å². The average molecular weight is 493 g/mol. The first-order chi connectivity index (χ1) is 17.5. The van der Waals surface area contributed by atoms with Crippen molar-refractivity contribution in [3.8, 4) is 11.5 Å². The standard InChI is InChI=1S/C24H21F2N7O3/c25-19(26)21-31-23(36-33-21)17-11-28-24(29-15-6-7-16-14(10-15)8-9-27-22(16)35)32-20(17)30-18(12-34)13-4-2-1-3-5-13/h1-7,10-11,18-19,34H,8-9,12H2,(H,27,35)(H2,28,29,30,32)/t18-/m1/s1. The van der Waals surface area contributed by atoms with E-state index < -0.39 is 18.3 Å². The Morgan fingerprint density at radius 1 is 1.11 bits per heavy atom. The number of hydrogen-bond acceptors (Lipinski definition) is 9. The largest absolute Gasteiger partial charge is 0.394 e. The lowest BCUT2D eigenvalue weighted by molar-refractivity contribution is 0.0946. The summed E-state index contributed by atoms with van der Waals surface area (Å²) in [5, 5.41) is 22.3. The first-order valence-electron chi connectivity index (χ1n) is 11.1. The van der Waals surface area contributed by atoms with E-state index in [0.29, 0.717) is 24.2 Å². The normalized spacial score (nSPS) is 13.7. The van der Waals surface area contributed by atoms with Gasteiger partial charge in [0, 0.05) is 24.0 Å². The van der Waals surface area contributed by atoms with Gasteiger partial charge in [-0.3, -0.25) is 4.79 Å². The van der Waals surface area contributed by atoms with Gasteiger partial charge in [-0.15, -0.1) is 0 Å². The Morgan fingerprint density at radius 3 is 2.69 bits per heavy atom. The first-order valence-corrected chi connectivity index (χ1v) is 11.1. The van der Waals surface area contributed by atoms with E-state index in [1.165, 1.54) is 6.20 Å². The Kier molecular flexibility index (Phi) is 6.50. The van der Waals surface area contributed by atoms with Crippen molar-refractivity contribution in [1.82, 2.24) is 25.4 Å². The van der Waals surface area contributed by atoms with Crippen LogP contribution in [0, 0.1) is 0 Å². The summed E-state index contributed by atoms with van der Waals surface area (Å²) in [6.45, 7) is 0.288. The fraction of sp³-hybridized carbons (Fsp3) is 0.208. The third-order valence-corrected chi connectivity index (χ3v) is 5.64. The van der Waals surface area contributed by atoms with E-state index in [4.69, 9.17) is 4.52 Å². The van der Waals surface area contributed by atoms with Gasteiger partial charge in [0.2, 0.25) is 11.8 Å². The van der Waals surface area contributed by atoms with E-state index in [9.17, 15) is 18.7 Å². The zero-order valence-electron chi connectivity index (χ0n) is 18.8. The van der Waals surface area contributed by atoms with Crippen LogP contribution in [0.25, 0.3) is 11.5 Å². The number of nitrogens with one attached hydrogen (secondary N) is 3. The lowest BCUT2D eigenvalue weighted by Gasteiger charge is -2.20. The molecule has 4 N–H and O–H groups in total. The monoisotopic (exact) mass is 493 g/mol. The summed E-state index contributed by atoms with van der Waals surface area (Å²) in [6.07, 6.45) is -0.838. The van der Waals surface area contributed by atoms with Crippen molar-refractivity contribution in [3.63, 3.8) is 0 Å². The van der Waals surface area contributed by atoms with Crippen LogP contribution in [0.2, 0.25) is 0 Å². The summed E-state index contributed by atoms with van der Waals surface area (Å²) >= 11 is 0. The van der Waals surface area contributed by atoms with E-state index >= 15 is 0 Å². The molecule has 1 aliphatic heterocycles. The number of halogens is 2.